The van der Waals surface area contributed by atoms with Crippen molar-refractivity contribution in [1.82, 2.24) is 0 Å². The summed E-state index contributed by atoms with van der Waals surface area (Å²) in [7, 11) is 0. The lowest BCUT2D eigenvalue weighted by atomic mass is 10.2. The summed E-state index contributed by atoms with van der Waals surface area (Å²) in [6.07, 6.45) is -0.988. The van der Waals surface area contributed by atoms with Gasteiger partial charge in [-0.3, -0.25) is 4.79 Å². The van der Waals surface area contributed by atoms with Crippen molar-refractivity contribution in [2.45, 2.75) is 13.0 Å². The van der Waals surface area contributed by atoms with Gasteiger partial charge in [0.15, 0.2) is 29.1 Å². The van der Waals surface area contributed by atoms with Crippen molar-refractivity contribution in [3.8, 4) is 23.0 Å². The Morgan fingerprint density at radius 1 is 0.923 bits per heavy atom. The number of hydrogen-bond acceptors (Lipinski definition) is 7. The van der Waals surface area contributed by atoms with Crippen molar-refractivity contribution >= 4 is 17.6 Å². The number of anilines is 1. The molecule has 0 bridgehead atoms. The van der Waals surface area contributed by atoms with E-state index in [-0.39, 0.29) is 19.1 Å². The van der Waals surface area contributed by atoms with Gasteiger partial charge in [-0.2, -0.15) is 0 Å². The second kappa shape index (κ2) is 6.47. The minimum Gasteiger partial charge on any atom is -0.454 e. The topological polar surface area (TPSA) is 92.3 Å². The quantitative estimate of drug-likeness (QED) is 0.840. The molecule has 1 atom stereocenters. The van der Waals surface area contributed by atoms with Crippen molar-refractivity contribution in [3.05, 3.63) is 42.0 Å². The van der Waals surface area contributed by atoms with Crippen LogP contribution in [0.15, 0.2) is 36.4 Å². The molecule has 0 fully saturated rings. The molecule has 1 amide bonds. The average molecular weight is 357 g/mol. The molecular weight excluding hydrogens is 342 g/mol. The molecule has 26 heavy (non-hydrogen) atoms. The smallest absolute Gasteiger partial charge is 0.339 e. The van der Waals surface area contributed by atoms with Crippen LogP contribution in [0.5, 0.6) is 23.0 Å². The van der Waals surface area contributed by atoms with Crippen molar-refractivity contribution in [2.75, 3.05) is 18.9 Å². The van der Waals surface area contributed by atoms with Gasteiger partial charge in [0.2, 0.25) is 13.6 Å². The van der Waals surface area contributed by atoms with E-state index in [0.29, 0.717) is 28.7 Å². The zero-order valence-corrected chi connectivity index (χ0v) is 13.8. The van der Waals surface area contributed by atoms with Crippen LogP contribution in [0.4, 0.5) is 5.69 Å². The summed E-state index contributed by atoms with van der Waals surface area (Å²) < 4.78 is 26.1. The van der Waals surface area contributed by atoms with Crippen LogP contribution in [-0.2, 0) is 9.53 Å². The molecule has 2 aromatic rings. The van der Waals surface area contributed by atoms with Crippen LogP contribution in [-0.4, -0.2) is 31.6 Å². The van der Waals surface area contributed by atoms with Gasteiger partial charge in [-0.25, -0.2) is 4.79 Å². The van der Waals surface area contributed by atoms with E-state index < -0.39 is 18.0 Å². The molecule has 1 N–H and O–H groups in total. The molecule has 2 aromatic carbocycles. The minimum atomic E-state index is -0.988. The molecule has 8 nitrogen and oxygen atoms in total. The van der Waals surface area contributed by atoms with E-state index >= 15 is 0 Å². The van der Waals surface area contributed by atoms with Crippen LogP contribution in [0, 0.1) is 0 Å². The monoisotopic (exact) mass is 357 g/mol. The largest absolute Gasteiger partial charge is 0.454 e. The van der Waals surface area contributed by atoms with Crippen LogP contribution in [0.25, 0.3) is 0 Å². The Hall–Kier alpha value is -3.42. The van der Waals surface area contributed by atoms with E-state index in [1.807, 2.05) is 0 Å². The molecule has 8 heteroatoms. The number of carbonyl (C=O) groups excluding carboxylic acids is 2. The normalized spacial score (nSPS) is 14.7. The van der Waals surface area contributed by atoms with E-state index in [9.17, 15) is 9.59 Å². The molecule has 134 valence electrons. The summed E-state index contributed by atoms with van der Waals surface area (Å²) in [6, 6.07) is 9.72. The molecule has 0 saturated carbocycles. The number of benzene rings is 2. The van der Waals surface area contributed by atoms with Gasteiger partial charge in [0.1, 0.15) is 0 Å². The van der Waals surface area contributed by atoms with Gasteiger partial charge >= 0.3 is 5.97 Å². The minimum absolute atomic E-state index is 0.113. The number of ether oxygens (including phenoxy) is 5. The lowest BCUT2D eigenvalue weighted by Crippen LogP contribution is -2.30. The highest BCUT2D eigenvalue weighted by atomic mass is 16.7. The maximum absolute atomic E-state index is 12.3. The number of nitrogens with one attached hydrogen (secondary N) is 1. The molecule has 2 aliphatic heterocycles. The molecule has 0 spiro atoms. The molecule has 4 rings (SSSR count). The predicted octanol–water partition coefficient (Wildman–Crippen LogP) is 2.33. The van der Waals surface area contributed by atoms with E-state index in [0.717, 1.165) is 0 Å². The second-order valence-electron chi connectivity index (χ2n) is 5.67. The Labute approximate surface area is 148 Å². The second-order valence-corrected chi connectivity index (χ2v) is 5.67. The Morgan fingerprint density at radius 3 is 2.27 bits per heavy atom. The first-order valence-electron chi connectivity index (χ1n) is 7.91. The molecule has 0 saturated heterocycles. The molecule has 0 aliphatic carbocycles. The van der Waals surface area contributed by atoms with Gasteiger partial charge < -0.3 is 29.0 Å². The first kappa shape index (κ1) is 16.1. The Morgan fingerprint density at radius 2 is 1.54 bits per heavy atom. The van der Waals surface area contributed by atoms with Gasteiger partial charge in [0.25, 0.3) is 5.91 Å². The first-order valence-corrected chi connectivity index (χ1v) is 7.91. The van der Waals surface area contributed by atoms with Crippen LogP contribution in [0.3, 0.4) is 0 Å². The van der Waals surface area contributed by atoms with Crippen LogP contribution >= 0.6 is 0 Å². The molecule has 2 heterocycles. The third-order valence-corrected chi connectivity index (χ3v) is 3.90. The average Bonchev–Trinajstić information content (AvgIpc) is 3.29. The lowest BCUT2D eigenvalue weighted by molar-refractivity contribution is -0.123. The Balaban J connectivity index is 1.38. The third kappa shape index (κ3) is 3.08. The summed E-state index contributed by atoms with van der Waals surface area (Å²) in [5.41, 5.74) is 0.794. The number of rotatable bonds is 4. The number of esters is 1. The van der Waals surface area contributed by atoms with Crippen LogP contribution in [0.2, 0.25) is 0 Å². The highest BCUT2D eigenvalue weighted by molar-refractivity contribution is 5.97. The first-order chi connectivity index (χ1) is 12.6. The van der Waals surface area contributed by atoms with Crippen LogP contribution in [0.1, 0.15) is 17.3 Å². The maximum atomic E-state index is 12.3. The van der Waals surface area contributed by atoms with Crippen molar-refractivity contribution < 1.29 is 33.3 Å². The zero-order valence-electron chi connectivity index (χ0n) is 13.8. The maximum Gasteiger partial charge on any atom is 0.339 e. The van der Waals surface area contributed by atoms with Crippen molar-refractivity contribution in [2.24, 2.45) is 0 Å². The highest BCUT2D eigenvalue weighted by Crippen LogP contribution is 2.34. The molecule has 2 aliphatic rings. The van der Waals surface area contributed by atoms with Gasteiger partial charge in [0, 0.05) is 11.8 Å². The van der Waals surface area contributed by atoms with E-state index in [4.69, 9.17) is 23.7 Å². The SMILES string of the molecule is CC(OC(=O)c1ccc2c(c1)OCO2)C(=O)Nc1ccc2c(c1)OCO2. The van der Waals surface area contributed by atoms with E-state index in [1.165, 1.54) is 13.0 Å². The number of fused-ring (bicyclic) bond motifs is 2. The zero-order chi connectivity index (χ0) is 18.1. The van der Waals surface area contributed by atoms with Gasteiger partial charge in [-0.1, -0.05) is 0 Å². The summed E-state index contributed by atoms with van der Waals surface area (Å²) in [4.78, 5) is 24.5. The summed E-state index contributed by atoms with van der Waals surface area (Å²) in [5.74, 6) is 1.11. The number of carbonyl (C=O) groups is 2. The fraction of sp³-hybridized carbons (Fsp3) is 0.222. The fourth-order valence-corrected chi connectivity index (χ4v) is 2.52. The van der Waals surface area contributed by atoms with E-state index in [2.05, 4.69) is 5.32 Å². The van der Waals surface area contributed by atoms with Crippen molar-refractivity contribution in [3.63, 3.8) is 0 Å². The van der Waals surface area contributed by atoms with E-state index in [1.54, 1.807) is 30.3 Å². The highest BCUT2D eigenvalue weighted by Gasteiger charge is 2.22. The molecule has 1 unspecified atom stereocenters. The fourth-order valence-electron chi connectivity index (χ4n) is 2.52. The van der Waals surface area contributed by atoms with Gasteiger partial charge in [-0.15, -0.1) is 0 Å². The van der Waals surface area contributed by atoms with Crippen molar-refractivity contribution in [1.29, 1.82) is 0 Å². The van der Waals surface area contributed by atoms with Gasteiger partial charge in [0.05, 0.1) is 5.56 Å². The van der Waals surface area contributed by atoms with Crippen LogP contribution < -0.4 is 24.3 Å². The van der Waals surface area contributed by atoms with Gasteiger partial charge in [-0.05, 0) is 37.3 Å². The Kier molecular flexibility index (Phi) is 4.00. The Bertz CT molecular complexity index is 880. The predicted molar refractivity (Wildman–Crippen MR) is 88.6 cm³/mol. The summed E-state index contributed by atoms with van der Waals surface area (Å²) in [5, 5.41) is 2.67. The standard InChI is InChI=1S/C18H15NO7/c1-10(17(20)19-12-3-5-14-16(7-12)25-9-23-14)26-18(21)11-2-4-13-15(6-11)24-8-22-13/h2-7,10H,8-9H2,1H3,(H,19,20). The molecule has 0 radical (unpaired) electrons. The molecular formula is C18H15NO7. The number of hydrogen-bond donors (Lipinski definition) is 1. The third-order valence-electron chi connectivity index (χ3n) is 3.90. The number of amides is 1. The molecule has 0 aromatic heterocycles. The lowest BCUT2D eigenvalue weighted by Gasteiger charge is -2.14. The summed E-state index contributed by atoms with van der Waals surface area (Å²) >= 11 is 0. The summed E-state index contributed by atoms with van der Waals surface area (Å²) in [6.45, 7) is 1.76.